The van der Waals surface area contributed by atoms with Crippen LogP contribution in [0, 0.1) is 0 Å². The normalized spacial score (nSPS) is 15.1. The Morgan fingerprint density at radius 2 is 1.83 bits per heavy atom. The van der Waals surface area contributed by atoms with Gasteiger partial charge in [-0.3, -0.25) is 0 Å². The number of hydrogen-bond donors (Lipinski definition) is 0. The number of halogens is 1. The second-order valence-corrected chi connectivity index (χ2v) is 7.88. The smallest absolute Gasteiger partial charge is 0.363 e. The molecule has 0 atom stereocenters. The topological polar surface area (TPSA) is 92.7 Å². The van der Waals surface area contributed by atoms with Crippen LogP contribution in [0.3, 0.4) is 0 Å². The van der Waals surface area contributed by atoms with E-state index in [0.717, 1.165) is 0 Å². The third kappa shape index (κ3) is 4.83. The Labute approximate surface area is 205 Å². The summed E-state index contributed by atoms with van der Waals surface area (Å²) in [5.41, 5.74) is 1.68. The number of cyclic esters (lactones) is 1. The molecule has 0 aliphatic carbocycles. The first-order valence-electron chi connectivity index (χ1n) is 10.7. The van der Waals surface area contributed by atoms with Gasteiger partial charge >= 0.3 is 11.9 Å². The number of ether oxygens (including phenoxy) is 5. The van der Waals surface area contributed by atoms with E-state index in [2.05, 4.69) is 4.99 Å². The van der Waals surface area contributed by atoms with Crippen molar-refractivity contribution < 1.29 is 33.3 Å². The summed E-state index contributed by atoms with van der Waals surface area (Å²) in [6.07, 6.45) is 1.57. The van der Waals surface area contributed by atoms with Crippen molar-refractivity contribution in [2.24, 2.45) is 4.99 Å². The largest absolute Gasteiger partial charge is 0.490 e. The average molecular weight is 492 g/mol. The van der Waals surface area contributed by atoms with Crippen LogP contribution in [0.4, 0.5) is 0 Å². The summed E-state index contributed by atoms with van der Waals surface area (Å²) in [6, 6.07) is 16.5. The molecule has 0 saturated heterocycles. The van der Waals surface area contributed by atoms with E-state index in [1.54, 1.807) is 66.7 Å². The number of nitrogens with zero attached hydrogens (tertiary/aromatic N) is 1. The van der Waals surface area contributed by atoms with E-state index in [9.17, 15) is 9.59 Å². The van der Waals surface area contributed by atoms with Gasteiger partial charge in [0.1, 0.15) is 0 Å². The number of rotatable bonds is 6. The summed E-state index contributed by atoms with van der Waals surface area (Å²) in [5, 5.41) is 0.567. The molecule has 0 bridgehead atoms. The van der Waals surface area contributed by atoms with Gasteiger partial charge in [-0.15, -0.1) is 0 Å². The average Bonchev–Trinajstić information content (AvgIpc) is 3.47. The van der Waals surface area contributed by atoms with E-state index < -0.39 is 11.9 Å². The van der Waals surface area contributed by atoms with E-state index in [-0.39, 0.29) is 24.1 Å². The number of benzene rings is 3. The molecule has 0 fully saturated rings. The summed E-state index contributed by atoms with van der Waals surface area (Å²) in [4.78, 5) is 29.3. The zero-order chi connectivity index (χ0) is 24.4. The van der Waals surface area contributed by atoms with Gasteiger partial charge in [0.25, 0.3) is 0 Å². The van der Waals surface area contributed by atoms with Crippen molar-refractivity contribution in [1.29, 1.82) is 0 Å². The van der Waals surface area contributed by atoms with E-state index in [4.69, 9.17) is 35.3 Å². The van der Waals surface area contributed by atoms with Crippen LogP contribution in [0.2, 0.25) is 5.02 Å². The number of esters is 2. The maximum absolute atomic E-state index is 12.7. The summed E-state index contributed by atoms with van der Waals surface area (Å²) in [5.74, 6) is 0.658. The highest BCUT2D eigenvalue weighted by Gasteiger charge is 2.24. The fraction of sp³-hybridized carbons (Fsp3) is 0.115. The van der Waals surface area contributed by atoms with Crippen LogP contribution in [-0.2, 0) is 9.53 Å². The first-order valence-corrected chi connectivity index (χ1v) is 11.0. The van der Waals surface area contributed by atoms with E-state index in [1.165, 1.54) is 0 Å². The molecule has 35 heavy (non-hydrogen) atoms. The first-order chi connectivity index (χ1) is 17.0. The quantitative estimate of drug-likeness (QED) is 0.271. The van der Waals surface area contributed by atoms with E-state index in [1.807, 2.05) is 6.92 Å². The molecule has 176 valence electrons. The van der Waals surface area contributed by atoms with Crippen LogP contribution in [-0.4, -0.2) is 31.2 Å². The second kappa shape index (κ2) is 9.52. The summed E-state index contributed by atoms with van der Waals surface area (Å²) in [6.45, 7) is 2.26. The molecular formula is C26H18ClNO7. The predicted octanol–water partition coefficient (Wildman–Crippen LogP) is 5.03. The Hall–Kier alpha value is -4.30. The van der Waals surface area contributed by atoms with Crippen molar-refractivity contribution in [3.8, 4) is 23.0 Å². The molecule has 0 amide bonds. The summed E-state index contributed by atoms with van der Waals surface area (Å²) < 4.78 is 27.1. The molecular weight excluding hydrogens is 474 g/mol. The van der Waals surface area contributed by atoms with Crippen LogP contribution >= 0.6 is 11.6 Å². The van der Waals surface area contributed by atoms with Crippen LogP contribution < -0.4 is 18.9 Å². The minimum atomic E-state index is -0.578. The zero-order valence-electron chi connectivity index (χ0n) is 18.4. The molecule has 3 aromatic rings. The van der Waals surface area contributed by atoms with Gasteiger partial charge in [0.15, 0.2) is 28.7 Å². The second-order valence-electron chi connectivity index (χ2n) is 7.44. The van der Waals surface area contributed by atoms with Gasteiger partial charge in [-0.25, -0.2) is 14.6 Å². The highest BCUT2D eigenvalue weighted by molar-refractivity contribution is 6.30. The maximum atomic E-state index is 12.7. The fourth-order valence-corrected chi connectivity index (χ4v) is 3.56. The monoisotopic (exact) mass is 491 g/mol. The Kier molecular flexibility index (Phi) is 6.12. The number of aliphatic imine (C=N–C) groups is 1. The fourth-order valence-electron chi connectivity index (χ4n) is 3.43. The minimum absolute atomic E-state index is 0.109. The van der Waals surface area contributed by atoms with Gasteiger partial charge in [0, 0.05) is 10.6 Å². The standard InChI is InChI=1S/C26H18ClNO7/c1-2-31-22-12-15(11-19-26(30)35-24(28-19)16-4-7-18(27)8-5-16)3-9-21(22)34-25(29)17-6-10-20-23(13-17)33-14-32-20/h3-13H,2,14H2,1H3/b19-11-. The van der Waals surface area contributed by atoms with Gasteiger partial charge in [-0.2, -0.15) is 0 Å². The lowest BCUT2D eigenvalue weighted by atomic mass is 10.1. The molecule has 0 radical (unpaired) electrons. The number of fused-ring (bicyclic) bond motifs is 1. The lowest BCUT2D eigenvalue weighted by Crippen LogP contribution is -2.09. The highest BCUT2D eigenvalue weighted by Crippen LogP contribution is 2.34. The van der Waals surface area contributed by atoms with Crippen molar-refractivity contribution in [2.75, 3.05) is 13.4 Å². The third-order valence-corrected chi connectivity index (χ3v) is 5.35. The number of carbonyl (C=O) groups is 2. The Morgan fingerprint density at radius 1 is 1.03 bits per heavy atom. The van der Waals surface area contributed by atoms with Crippen molar-refractivity contribution in [3.63, 3.8) is 0 Å². The van der Waals surface area contributed by atoms with Crippen LogP contribution in [0.5, 0.6) is 23.0 Å². The molecule has 9 heteroatoms. The van der Waals surface area contributed by atoms with Gasteiger partial charge < -0.3 is 23.7 Å². The molecule has 2 aliphatic heterocycles. The first kappa shape index (κ1) is 22.5. The van der Waals surface area contributed by atoms with Gasteiger partial charge in [-0.05, 0) is 73.2 Å². The molecule has 0 unspecified atom stereocenters. The van der Waals surface area contributed by atoms with Gasteiger partial charge in [0.05, 0.1) is 12.2 Å². The minimum Gasteiger partial charge on any atom is -0.490 e. The van der Waals surface area contributed by atoms with Crippen molar-refractivity contribution in [2.45, 2.75) is 6.92 Å². The lowest BCUT2D eigenvalue weighted by molar-refractivity contribution is -0.129. The van der Waals surface area contributed by atoms with E-state index >= 15 is 0 Å². The third-order valence-electron chi connectivity index (χ3n) is 5.09. The number of hydrogen-bond acceptors (Lipinski definition) is 8. The van der Waals surface area contributed by atoms with Crippen molar-refractivity contribution in [3.05, 3.63) is 88.1 Å². The van der Waals surface area contributed by atoms with Crippen LogP contribution in [0.1, 0.15) is 28.4 Å². The maximum Gasteiger partial charge on any atom is 0.363 e. The van der Waals surface area contributed by atoms with Gasteiger partial charge in [-0.1, -0.05) is 17.7 Å². The van der Waals surface area contributed by atoms with E-state index in [0.29, 0.717) is 45.6 Å². The number of carbonyl (C=O) groups excluding carboxylic acids is 2. The summed E-state index contributed by atoms with van der Waals surface area (Å²) >= 11 is 5.91. The molecule has 0 saturated carbocycles. The molecule has 0 N–H and O–H groups in total. The van der Waals surface area contributed by atoms with Crippen LogP contribution in [0.25, 0.3) is 6.08 Å². The molecule has 2 aliphatic rings. The molecule has 0 aromatic heterocycles. The Morgan fingerprint density at radius 3 is 2.63 bits per heavy atom. The molecule has 3 aromatic carbocycles. The molecule has 0 spiro atoms. The predicted molar refractivity (Wildman–Crippen MR) is 127 cm³/mol. The SMILES string of the molecule is CCOc1cc(/C=C2\N=C(c3ccc(Cl)cc3)OC2=O)ccc1OC(=O)c1ccc2c(c1)OCO2. The summed E-state index contributed by atoms with van der Waals surface area (Å²) in [7, 11) is 0. The highest BCUT2D eigenvalue weighted by atomic mass is 35.5. The zero-order valence-corrected chi connectivity index (χ0v) is 19.2. The van der Waals surface area contributed by atoms with Gasteiger partial charge in [0.2, 0.25) is 12.7 Å². The Bertz CT molecular complexity index is 1380. The van der Waals surface area contributed by atoms with Crippen LogP contribution in [0.15, 0.2) is 71.4 Å². The molecule has 8 nitrogen and oxygen atoms in total. The van der Waals surface area contributed by atoms with Crippen molar-refractivity contribution >= 4 is 35.5 Å². The lowest BCUT2D eigenvalue weighted by Gasteiger charge is -2.11. The molecule has 2 heterocycles. The Balaban J connectivity index is 1.38. The molecule has 5 rings (SSSR count). The van der Waals surface area contributed by atoms with Crippen molar-refractivity contribution in [1.82, 2.24) is 0 Å².